The minimum atomic E-state index is -0.483. The zero-order valence-corrected chi connectivity index (χ0v) is 27.3. The smallest absolute Gasteiger partial charge is 0.246 e. The molecule has 4 heterocycles. The Morgan fingerprint density at radius 1 is 1.22 bits per heavy atom. The molecule has 1 aliphatic heterocycles. The summed E-state index contributed by atoms with van der Waals surface area (Å²) in [6.07, 6.45) is 8.12. The van der Waals surface area contributed by atoms with Gasteiger partial charge in [0.15, 0.2) is 17.2 Å². The van der Waals surface area contributed by atoms with E-state index < -0.39 is 5.82 Å². The Bertz CT molecular complexity index is 2040. The Hall–Kier alpha value is -4.66. The molecule has 3 aromatic heterocycles. The van der Waals surface area contributed by atoms with Gasteiger partial charge in [0, 0.05) is 54.1 Å². The first-order chi connectivity index (χ1) is 22.1. The maximum atomic E-state index is 16.8. The molecule has 46 heavy (non-hydrogen) atoms. The van der Waals surface area contributed by atoms with Crippen molar-refractivity contribution in [3.05, 3.63) is 76.6 Å². The highest BCUT2D eigenvalue weighted by Gasteiger charge is 2.34. The molecule has 0 radical (unpaired) electrons. The first-order valence-electron chi connectivity index (χ1n) is 15.2. The van der Waals surface area contributed by atoms with E-state index in [0.29, 0.717) is 75.7 Å². The second-order valence-electron chi connectivity index (χ2n) is 12.1. The summed E-state index contributed by atoms with van der Waals surface area (Å²) in [6.45, 7) is 6.69. The zero-order valence-electron chi connectivity index (χ0n) is 26.5. The number of aromatic nitrogens is 6. The lowest BCUT2D eigenvalue weighted by molar-refractivity contribution is -0.130. The third-order valence-electron chi connectivity index (χ3n) is 8.71. The Morgan fingerprint density at radius 2 is 2.02 bits per heavy atom. The molecule has 0 bridgehead atoms. The van der Waals surface area contributed by atoms with Crippen molar-refractivity contribution in [1.29, 1.82) is 5.26 Å². The fraction of sp³-hybridized carbons (Fsp3) is 0.353. The quantitative estimate of drug-likeness (QED) is 0.198. The molecule has 6 rings (SSSR count). The maximum Gasteiger partial charge on any atom is 0.246 e. The number of carbonyl (C=O) groups excluding carboxylic acids is 1. The molecule has 0 aliphatic carbocycles. The Kier molecular flexibility index (Phi) is 8.59. The van der Waals surface area contributed by atoms with Crippen molar-refractivity contribution in [2.24, 2.45) is 0 Å². The summed E-state index contributed by atoms with van der Waals surface area (Å²) in [5.74, 6) is 0.486. The van der Waals surface area contributed by atoms with Crippen molar-refractivity contribution >= 4 is 39.4 Å². The molecular weight excluding hydrogens is 605 g/mol. The van der Waals surface area contributed by atoms with Crippen LogP contribution in [0.1, 0.15) is 42.3 Å². The third kappa shape index (κ3) is 5.52. The van der Waals surface area contributed by atoms with Crippen molar-refractivity contribution in [2.45, 2.75) is 52.1 Å². The van der Waals surface area contributed by atoms with Gasteiger partial charge in [-0.05, 0) is 64.9 Å². The van der Waals surface area contributed by atoms with Crippen LogP contribution in [0.4, 0.5) is 4.39 Å². The number of pyridine rings is 1. The van der Waals surface area contributed by atoms with Crippen LogP contribution < -0.4 is 0 Å². The van der Waals surface area contributed by atoms with Gasteiger partial charge in [0.25, 0.3) is 0 Å². The number of aryl methyl sites for hydroxylation is 3. The van der Waals surface area contributed by atoms with E-state index in [1.807, 2.05) is 74.8 Å². The number of nitriles is 1. The summed E-state index contributed by atoms with van der Waals surface area (Å²) < 4.78 is 20.4. The lowest BCUT2D eigenvalue weighted by Gasteiger charge is -2.38. The van der Waals surface area contributed by atoms with Crippen molar-refractivity contribution in [1.82, 2.24) is 39.3 Å². The lowest BCUT2D eigenvalue weighted by Crippen LogP contribution is -2.46. The number of amides is 1. The minimum absolute atomic E-state index is 0.114. The van der Waals surface area contributed by atoms with E-state index in [-0.39, 0.29) is 29.9 Å². The molecule has 0 spiro atoms. The molecule has 0 unspecified atom stereocenters. The van der Waals surface area contributed by atoms with Gasteiger partial charge in [-0.2, -0.15) is 5.26 Å². The molecule has 12 heteroatoms. The molecule has 2 atom stereocenters. The van der Waals surface area contributed by atoms with Crippen molar-refractivity contribution in [2.75, 3.05) is 27.2 Å². The van der Waals surface area contributed by atoms with Gasteiger partial charge in [0.2, 0.25) is 5.91 Å². The minimum Gasteiger partial charge on any atom is -0.335 e. The van der Waals surface area contributed by atoms with Crippen molar-refractivity contribution < 1.29 is 9.18 Å². The van der Waals surface area contributed by atoms with E-state index in [2.05, 4.69) is 21.4 Å². The van der Waals surface area contributed by atoms with E-state index in [1.165, 1.54) is 0 Å². The molecule has 1 amide bonds. The number of hydrogen-bond acceptors (Lipinski definition) is 7. The van der Waals surface area contributed by atoms with Crippen LogP contribution in [0.3, 0.4) is 0 Å². The molecule has 2 aromatic carbocycles. The van der Waals surface area contributed by atoms with Crippen LogP contribution in [0.15, 0.2) is 48.8 Å². The van der Waals surface area contributed by atoms with E-state index >= 15 is 4.39 Å². The van der Waals surface area contributed by atoms with Gasteiger partial charge in [0.05, 0.1) is 23.6 Å². The van der Waals surface area contributed by atoms with Gasteiger partial charge >= 0.3 is 0 Å². The first-order valence-corrected chi connectivity index (χ1v) is 15.6. The fourth-order valence-electron chi connectivity index (χ4n) is 6.41. The van der Waals surface area contributed by atoms with Crippen LogP contribution in [0.5, 0.6) is 0 Å². The van der Waals surface area contributed by atoms with Gasteiger partial charge in [-0.1, -0.05) is 41.1 Å². The van der Waals surface area contributed by atoms with Crippen LogP contribution in [0, 0.1) is 37.9 Å². The molecule has 5 aromatic rings. The number of benzene rings is 2. The van der Waals surface area contributed by atoms with Gasteiger partial charge in [-0.25, -0.2) is 19.0 Å². The number of fused-ring (bicyclic) bond motifs is 3. The lowest BCUT2D eigenvalue weighted by atomic mass is 9.94. The summed E-state index contributed by atoms with van der Waals surface area (Å²) in [7, 11) is 3.87. The van der Waals surface area contributed by atoms with Crippen LogP contribution in [-0.2, 0) is 4.79 Å². The number of likely N-dealkylation sites (N-methyl/N-ethyl adjacent to an activating group) is 1. The summed E-state index contributed by atoms with van der Waals surface area (Å²) in [5.41, 5.74) is 3.87. The maximum absolute atomic E-state index is 16.8. The number of halogens is 2. The van der Waals surface area contributed by atoms with Crippen LogP contribution in [0.2, 0.25) is 5.02 Å². The van der Waals surface area contributed by atoms with Crippen LogP contribution >= 0.6 is 11.6 Å². The molecular formula is C34H35ClFN9O. The largest absolute Gasteiger partial charge is 0.335 e. The number of likely N-dealkylation sites (tertiary alicyclic amines) is 1. The molecule has 1 fully saturated rings. The molecule has 10 nitrogen and oxygen atoms in total. The second-order valence-corrected chi connectivity index (χ2v) is 12.5. The standard InChI is InChI=1S/C34H35ClFN9O/c1-20-8-6-9-25(29(20)35)28-21(2)18-26-31(30(28)36)39-34(43-17-14-38-22(43)3)32-33(26)45(41-40-32)24-12-16-44(23(19-24)11-13-37)27(46)10-7-15-42(4)5/h6-10,14,17-18,23-24H,11-12,15-16,19H2,1-5H3/b10-7+/t23-,24+/m1/s1. The highest BCUT2D eigenvalue weighted by molar-refractivity contribution is 6.34. The molecule has 0 saturated carbocycles. The third-order valence-corrected chi connectivity index (χ3v) is 9.21. The highest BCUT2D eigenvalue weighted by Crippen LogP contribution is 2.41. The number of carbonyl (C=O) groups is 1. The summed E-state index contributed by atoms with van der Waals surface area (Å²) >= 11 is 6.69. The normalized spacial score (nSPS) is 17.1. The van der Waals surface area contributed by atoms with Crippen molar-refractivity contribution in [3.8, 4) is 23.0 Å². The molecule has 236 valence electrons. The van der Waals surface area contributed by atoms with Gasteiger partial charge in [-0.15, -0.1) is 5.10 Å². The summed E-state index contributed by atoms with van der Waals surface area (Å²) in [5, 5.41) is 19.9. The van der Waals surface area contributed by atoms with Gasteiger partial charge in [0.1, 0.15) is 16.9 Å². The average Bonchev–Trinajstić information content (AvgIpc) is 3.66. The summed E-state index contributed by atoms with van der Waals surface area (Å²) in [4.78, 5) is 26.1. The molecule has 1 saturated heterocycles. The monoisotopic (exact) mass is 639 g/mol. The van der Waals surface area contributed by atoms with Crippen molar-refractivity contribution in [3.63, 3.8) is 0 Å². The predicted molar refractivity (Wildman–Crippen MR) is 176 cm³/mol. The van der Waals surface area contributed by atoms with Crippen LogP contribution in [-0.4, -0.2) is 78.5 Å². The number of rotatable bonds is 7. The van der Waals surface area contributed by atoms with Gasteiger partial charge in [-0.3, -0.25) is 9.36 Å². The second kappa shape index (κ2) is 12.6. The Balaban J connectivity index is 1.51. The number of hydrogen-bond donors (Lipinski definition) is 0. The van der Waals surface area contributed by atoms with E-state index in [0.717, 1.165) is 5.56 Å². The van der Waals surface area contributed by atoms with Gasteiger partial charge < -0.3 is 9.80 Å². The van der Waals surface area contributed by atoms with E-state index in [1.54, 1.807) is 27.9 Å². The topological polar surface area (TPSA) is 109 Å². The number of imidazole rings is 1. The zero-order chi connectivity index (χ0) is 32.7. The first kappa shape index (κ1) is 31.3. The van der Waals surface area contributed by atoms with E-state index in [4.69, 9.17) is 16.6 Å². The highest BCUT2D eigenvalue weighted by atomic mass is 35.5. The SMILES string of the molecule is Cc1cccc(-c2c(C)cc3c(nc(-n4ccnc4C)c4nnn([C@H]5CCN(C(=O)/C=C/CN(C)C)[C@H](CC#N)C5)c43)c2F)c1Cl. The Labute approximate surface area is 271 Å². The summed E-state index contributed by atoms with van der Waals surface area (Å²) in [6, 6.07) is 9.26. The number of nitrogens with zero attached hydrogens (tertiary/aromatic N) is 9. The van der Waals surface area contributed by atoms with Crippen LogP contribution in [0.25, 0.3) is 38.9 Å². The average molecular weight is 640 g/mol. The Morgan fingerprint density at radius 3 is 2.74 bits per heavy atom. The molecule has 0 N–H and O–H groups in total. The number of piperidine rings is 1. The molecule has 1 aliphatic rings. The predicted octanol–water partition coefficient (Wildman–Crippen LogP) is 6.11. The van der Waals surface area contributed by atoms with E-state index in [9.17, 15) is 10.1 Å². The fourth-order valence-corrected chi connectivity index (χ4v) is 6.63.